The van der Waals surface area contributed by atoms with E-state index in [0.717, 1.165) is 61.3 Å². The van der Waals surface area contributed by atoms with Crippen LogP contribution in [0.4, 0.5) is 17.3 Å². The molecule has 8 aromatic rings. The zero-order chi connectivity index (χ0) is 71.8. The summed E-state index contributed by atoms with van der Waals surface area (Å²) < 4.78 is 0. The number of fused-ring (bicyclic) bond motifs is 4. The van der Waals surface area contributed by atoms with E-state index in [1.54, 1.807) is 24.3 Å². The van der Waals surface area contributed by atoms with E-state index >= 15 is 0 Å². The van der Waals surface area contributed by atoms with Crippen LogP contribution in [0.3, 0.4) is 0 Å². The summed E-state index contributed by atoms with van der Waals surface area (Å²) >= 11 is 0. The lowest BCUT2D eigenvalue weighted by molar-refractivity contribution is -0.143. The molecule has 101 heavy (non-hydrogen) atoms. The molecule has 0 bridgehead atoms. The summed E-state index contributed by atoms with van der Waals surface area (Å²) in [5.74, 6) is -10.1. The molecular formula is C69H70N16O14S2. The number of nitrogens with zero attached hydrogens (tertiary/aromatic N) is 4. The number of nitrogens with two attached hydrogens (primary N) is 2. The van der Waals surface area contributed by atoms with Crippen molar-refractivity contribution in [2.45, 2.75) is 87.9 Å². The van der Waals surface area contributed by atoms with Gasteiger partial charge in [-0.2, -0.15) is 4.98 Å². The van der Waals surface area contributed by atoms with Gasteiger partial charge in [-0.25, -0.2) is 19.6 Å². The maximum Gasteiger partial charge on any atom is 0.327 e. The van der Waals surface area contributed by atoms with E-state index in [9.17, 15) is 68.1 Å². The number of carbonyl (C=O) groups is 10. The Bertz CT molecular complexity index is 4780. The zero-order valence-corrected chi connectivity index (χ0v) is 55.6. The number of rotatable bonds is 33. The van der Waals surface area contributed by atoms with Gasteiger partial charge in [0.2, 0.25) is 23.7 Å². The molecule has 3 aliphatic rings. The highest BCUT2D eigenvalue weighted by Gasteiger charge is 2.66. The van der Waals surface area contributed by atoms with Crippen LogP contribution in [0, 0.1) is 17.2 Å². The molecule has 17 N–H and O–H groups in total. The number of aromatic nitrogens is 6. The van der Waals surface area contributed by atoms with Gasteiger partial charge in [-0.05, 0) is 127 Å². The number of Topliss-reactive ketones (excluding diaryl/α,β-unsaturated/α-hetero) is 2. The van der Waals surface area contributed by atoms with Crippen LogP contribution >= 0.6 is 21.6 Å². The van der Waals surface area contributed by atoms with Crippen molar-refractivity contribution in [3.8, 4) is 0 Å². The lowest BCUT2D eigenvalue weighted by atomic mass is 9.80. The van der Waals surface area contributed by atoms with Gasteiger partial charge in [-0.15, -0.1) is 0 Å². The first-order chi connectivity index (χ1) is 48.4. The highest BCUT2D eigenvalue weighted by atomic mass is 33.1. The van der Waals surface area contributed by atoms with Crippen LogP contribution in [0.15, 0.2) is 126 Å². The van der Waals surface area contributed by atoms with Crippen molar-refractivity contribution in [3.05, 3.63) is 171 Å². The highest BCUT2D eigenvalue weighted by molar-refractivity contribution is 8.76. The molecule has 522 valence electrons. The second-order valence-corrected chi connectivity index (χ2v) is 27.4. The number of piperidine rings is 1. The molecular weight excluding hydrogens is 1340 g/mol. The molecule has 30 nitrogen and oxygen atoms in total. The van der Waals surface area contributed by atoms with Gasteiger partial charge in [-0.1, -0.05) is 58.5 Å². The Morgan fingerprint density at radius 2 is 1.49 bits per heavy atom. The number of hydrogen-bond donors (Lipinski definition) is 15. The van der Waals surface area contributed by atoms with Crippen LogP contribution in [0.1, 0.15) is 105 Å². The fourth-order valence-corrected chi connectivity index (χ4v) is 14.7. The highest BCUT2D eigenvalue weighted by Crippen LogP contribution is 2.67. The van der Waals surface area contributed by atoms with Gasteiger partial charge >= 0.3 is 17.9 Å². The van der Waals surface area contributed by atoms with Gasteiger partial charge in [0.15, 0.2) is 22.9 Å². The fraction of sp³-hybridized carbons (Fsp3) is 0.290. The van der Waals surface area contributed by atoms with Crippen molar-refractivity contribution in [2.75, 3.05) is 41.0 Å². The van der Waals surface area contributed by atoms with E-state index in [1.165, 1.54) is 36.0 Å². The fourth-order valence-electron chi connectivity index (χ4n) is 12.6. The van der Waals surface area contributed by atoms with Gasteiger partial charge in [0, 0.05) is 106 Å². The second-order valence-electron chi connectivity index (χ2n) is 24.8. The number of allylic oxidation sites excluding steroid dienone is 3. The maximum atomic E-state index is 14.1. The predicted octanol–water partition coefficient (Wildman–Crippen LogP) is 5.36. The molecule has 1 spiro atoms. The van der Waals surface area contributed by atoms with Crippen LogP contribution in [-0.2, 0) is 51.9 Å². The number of hydrogen-bond acceptors (Lipinski definition) is 19. The molecule has 0 radical (unpaired) electrons. The molecule has 32 heteroatoms. The average molecular weight is 1410 g/mol. The van der Waals surface area contributed by atoms with Crippen LogP contribution in [0.25, 0.3) is 38.5 Å². The smallest absolute Gasteiger partial charge is 0.327 e. The van der Waals surface area contributed by atoms with Crippen LogP contribution in [0.5, 0.6) is 0 Å². The van der Waals surface area contributed by atoms with E-state index in [2.05, 4.69) is 86.6 Å². The van der Waals surface area contributed by atoms with Crippen molar-refractivity contribution < 1.29 is 63.3 Å². The number of nitrogens with one attached hydrogen (secondary N) is 10. The molecule has 1 saturated heterocycles. The second kappa shape index (κ2) is 30.6. The number of likely N-dealkylation sites (tertiary alicyclic amines) is 1. The largest absolute Gasteiger partial charge is 0.481 e. The first-order valence-electron chi connectivity index (χ1n) is 32.1. The first kappa shape index (κ1) is 70.6. The van der Waals surface area contributed by atoms with Crippen molar-refractivity contribution in [1.82, 2.24) is 56.1 Å². The third kappa shape index (κ3) is 16.7. The number of anilines is 3. The summed E-state index contributed by atoms with van der Waals surface area (Å²) in [5.41, 5.74) is 19.0. The summed E-state index contributed by atoms with van der Waals surface area (Å²) in [5, 5.41) is 54.2. The Balaban J connectivity index is 0.618. The third-order valence-corrected chi connectivity index (χ3v) is 20.1. The molecule has 1 saturated carbocycles. The van der Waals surface area contributed by atoms with Gasteiger partial charge in [0.05, 0.1) is 30.6 Å². The maximum absolute atomic E-state index is 14.1. The summed E-state index contributed by atoms with van der Waals surface area (Å²) in [4.78, 5) is 167. The normalized spacial score (nSPS) is 16.1. The minimum Gasteiger partial charge on any atom is -0.481 e. The Morgan fingerprint density at radius 1 is 0.772 bits per heavy atom. The predicted molar refractivity (Wildman–Crippen MR) is 377 cm³/mol. The van der Waals surface area contributed by atoms with E-state index in [1.807, 2.05) is 41.3 Å². The molecule has 11 rings (SSSR count). The van der Waals surface area contributed by atoms with Crippen molar-refractivity contribution >= 4 is 142 Å². The van der Waals surface area contributed by atoms with Gasteiger partial charge in [-0.3, -0.25) is 53.5 Å². The monoisotopic (exact) mass is 1410 g/mol. The molecule has 5 amide bonds. The van der Waals surface area contributed by atoms with E-state index in [4.69, 9.17) is 16.9 Å². The lowest BCUT2D eigenvalue weighted by Crippen LogP contribution is -2.54. The SMILES string of the molecule is C=C1C=C2N(C(=O)c3cc4cc(CC(=O)c5cc6cc(NC(=O)CCSSCC(NC(=O)[C@@H](CC(=O)O)NC(=O)[C@@H](CCCNC(=N)N)CC(=O)CC[C@@H](NC(=O)c7ccc(NCc8cnc9nc(N)[nH]c(=O)c9n8)cc7)C(=O)O)C(=O)O)ccc6[nH]5)ccc4[nH]3)CC3CC23c2ccccc21. The van der Waals surface area contributed by atoms with Crippen molar-refractivity contribution in [2.24, 2.45) is 17.6 Å². The van der Waals surface area contributed by atoms with E-state index in [-0.39, 0.29) is 102 Å². The third-order valence-electron chi connectivity index (χ3n) is 17.7. The molecule has 2 fully saturated rings. The number of aromatic amines is 3. The number of aliphatic carboxylic acids is 3. The standard InChI is InChI=1S/C69H70N16O14S2/c1-34-21-55-69(46-7-3-2-6-45(34)46)29-40(69)32-85(55)64(95)52-27-38-22-35(8-15-47(38)79-52)23-54(87)50-26-39-24-42(13-16-48(39)78-50)76-56(88)18-20-100-101-33-53(66(98)99)82-62(93)51(28-57(89)90)81-61(92)37(5-4-19-73-67(70)71)25-44(86)14-17-49(65(96)97)80-60(91)36-9-11-41(12-10-36)74-30-43-31-75-59-58(77-43)63(94)84-68(72)83-59/h2-3,6-13,15-16,21-22,24,26-27,31,37,40,49,51,53,74,78-79H,1,4-5,14,17-20,23,25,28-30,32-33H2,(H,76,88)(H,80,91)(H,81,92)(H,82,93)(H,89,90)(H,96,97)(H,98,99)(H4,70,71,73)(H3,72,75,83,84,94)/t37-,40?,49+,51+,53?,69?/m0/s1. The number of ketones is 2. The summed E-state index contributed by atoms with van der Waals surface area (Å²) in [6.45, 7) is 5.11. The minimum atomic E-state index is -1.83. The Labute approximate surface area is 582 Å². The molecule has 3 unspecified atom stereocenters. The Morgan fingerprint density at radius 3 is 2.24 bits per heavy atom. The summed E-state index contributed by atoms with van der Waals surface area (Å²) in [6, 6.07) is 23.5. The average Bonchev–Trinajstić information content (AvgIpc) is 1.51. The van der Waals surface area contributed by atoms with Gasteiger partial charge < -0.3 is 73.6 Å². The number of guanidine groups is 1. The number of H-pyrrole nitrogens is 3. The lowest BCUT2D eigenvalue weighted by Gasteiger charge is -2.30. The molecule has 1 aliphatic heterocycles. The molecule has 6 atom stereocenters. The quantitative estimate of drug-likeness (QED) is 0.00809. The van der Waals surface area contributed by atoms with E-state index in [0.29, 0.717) is 51.8 Å². The number of carboxylic acid groups (broad SMARTS) is 3. The first-order valence-corrected chi connectivity index (χ1v) is 34.6. The van der Waals surface area contributed by atoms with Crippen LogP contribution in [0.2, 0.25) is 0 Å². The molecule has 4 aromatic carbocycles. The number of benzene rings is 4. The number of amides is 5. The Hall–Kier alpha value is -11.7. The van der Waals surface area contributed by atoms with Crippen LogP contribution in [-0.4, -0.2) is 158 Å². The van der Waals surface area contributed by atoms with E-state index < -0.39 is 96.7 Å². The zero-order valence-electron chi connectivity index (χ0n) is 54.0. The van der Waals surface area contributed by atoms with Crippen LogP contribution < -0.4 is 48.9 Å². The Kier molecular flexibility index (Phi) is 21.4. The number of carboxylic acids is 3. The summed E-state index contributed by atoms with van der Waals surface area (Å²) in [6.07, 6.45) is 2.22. The van der Waals surface area contributed by atoms with Crippen molar-refractivity contribution in [3.63, 3.8) is 0 Å². The molecule has 5 heterocycles. The van der Waals surface area contributed by atoms with Gasteiger partial charge in [0.1, 0.15) is 29.6 Å². The molecule has 4 aromatic heterocycles. The van der Waals surface area contributed by atoms with Crippen molar-refractivity contribution in [1.29, 1.82) is 5.41 Å². The summed E-state index contributed by atoms with van der Waals surface area (Å²) in [7, 11) is 2.14. The topological polar surface area (TPSA) is 486 Å². The minimum absolute atomic E-state index is 0.0115. The number of carbonyl (C=O) groups excluding carboxylic acids is 7. The van der Waals surface area contributed by atoms with Gasteiger partial charge in [0.25, 0.3) is 17.4 Å². The number of nitrogen functional groups attached to an aromatic ring is 1. The molecule has 2 aliphatic carbocycles.